The Kier molecular flexibility index (Phi) is 4.64. The summed E-state index contributed by atoms with van der Waals surface area (Å²) in [6.07, 6.45) is 2.21. The summed E-state index contributed by atoms with van der Waals surface area (Å²) in [5.41, 5.74) is -0.446. The molecular formula is C20H24N2O6. The monoisotopic (exact) mass is 388 g/mol. The normalized spacial score (nSPS) is 26.3. The van der Waals surface area contributed by atoms with Crippen LogP contribution < -0.4 is 9.47 Å². The highest BCUT2D eigenvalue weighted by molar-refractivity contribution is 5.87. The number of carboxylic acids is 1. The molecule has 3 aliphatic rings. The molecule has 1 aromatic carbocycles. The highest BCUT2D eigenvalue weighted by atomic mass is 16.5. The number of benzene rings is 1. The van der Waals surface area contributed by atoms with Crippen molar-refractivity contribution in [2.75, 3.05) is 39.9 Å². The topological polar surface area (TPSA) is 96.4 Å². The molecule has 2 fully saturated rings. The van der Waals surface area contributed by atoms with Gasteiger partial charge in [0.05, 0.1) is 13.7 Å². The molecule has 0 saturated carbocycles. The lowest BCUT2D eigenvalue weighted by Gasteiger charge is -2.36. The lowest BCUT2D eigenvalue weighted by atomic mass is 9.73. The van der Waals surface area contributed by atoms with Gasteiger partial charge in [-0.3, -0.25) is 14.4 Å². The predicted molar refractivity (Wildman–Crippen MR) is 98.3 cm³/mol. The predicted octanol–water partition coefficient (Wildman–Crippen LogP) is 1.10. The minimum Gasteiger partial charge on any atom is -0.493 e. The van der Waals surface area contributed by atoms with Crippen molar-refractivity contribution in [3.63, 3.8) is 0 Å². The fourth-order valence-corrected chi connectivity index (χ4v) is 4.54. The molecule has 4 rings (SSSR count). The molecule has 3 heterocycles. The van der Waals surface area contributed by atoms with E-state index in [1.54, 1.807) is 21.9 Å². The zero-order valence-electron chi connectivity index (χ0n) is 15.8. The number of carbonyl (C=O) groups is 3. The molecule has 150 valence electrons. The Morgan fingerprint density at radius 2 is 2.18 bits per heavy atom. The van der Waals surface area contributed by atoms with Crippen LogP contribution in [0.25, 0.3) is 0 Å². The van der Waals surface area contributed by atoms with E-state index in [0.717, 1.165) is 18.4 Å². The maximum absolute atomic E-state index is 12.9. The Hall–Kier alpha value is -2.77. The average molecular weight is 388 g/mol. The number of aliphatic carboxylic acids is 1. The summed E-state index contributed by atoms with van der Waals surface area (Å²) in [7, 11) is 1.54. The molecule has 0 spiro atoms. The summed E-state index contributed by atoms with van der Waals surface area (Å²) < 4.78 is 11.2. The summed E-state index contributed by atoms with van der Waals surface area (Å²) in [5, 5.41) is 10.0. The minimum atomic E-state index is -1.19. The van der Waals surface area contributed by atoms with Crippen molar-refractivity contribution in [2.24, 2.45) is 5.41 Å². The van der Waals surface area contributed by atoms with E-state index < -0.39 is 11.4 Å². The van der Waals surface area contributed by atoms with E-state index in [1.165, 1.54) is 7.11 Å². The molecule has 0 bridgehead atoms. The number of likely N-dealkylation sites (tertiary alicyclic amines) is 2. The zero-order chi connectivity index (χ0) is 19.9. The Labute approximate surface area is 163 Å². The van der Waals surface area contributed by atoms with Gasteiger partial charge in [-0.15, -0.1) is 0 Å². The third-order valence-electron chi connectivity index (χ3n) is 6.15. The van der Waals surface area contributed by atoms with Crippen molar-refractivity contribution in [3.8, 4) is 11.5 Å². The molecule has 0 aromatic heterocycles. The van der Waals surface area contributed by atoms with Crippen LogP contribution in [0.15, 0.2) is 18.2 Å². The van der Waals surface area contributed by atoms with Gasteiger partial charge in [0.15, 0.2) is 11.5 Å². The number of nitrogens with zero attached hydrogens (tertiary/aromatic N) is 2. The first-order valence-electron chi connectivity index (χ1n) is 9.55. The third-order valence-corrected chi connectivity index (χ3v) is 6.15. The lowest BCUT2D eigenvalue weighted by Crippen LogP contribution is -2.47. The number of piperidine rings is 1. The lowest BCUT2D eigenvalue weighted by molar-refractivity contribution is -0.152. The molecule has 8 nitrogen and oxygen atoms in total. The van der Waals surface area contributed by atoms with Gasteiger partial charge in [0.1, 0.15) is 12.0 Å². The van der Waals surface area contributed by atoms with Crippen molar-refractivity contribution in [1.82, 2.24) is 9.80 Å². The second kappa shape index (κ2) is 7.00. The van der Waals surface area contributed by atoms with Gasteiger partial charge in [-0.2, -0.15) is 0 Å². The largest absolute Gasteiger partial charge is 0.493 e. The maximum Gasteiger partial charge on any atom is 0.315 e. The third kappa shape index (κ3) is 2.87. The number of hydrogen-bond donors (Lipinski definition) is 1. The first-order valence-corrected chi connectivity index (χ1v) is 9.55. The molecule has 8 heteroatoms. The molecule has 1 aromatic rings. The van der Waals surface area contributed by atoms with Gasteiger partial charge in [0.25, 0.3) is 0 Å². The first-order chi connectivity index (χ1) is 13.5. The van der Waals surface area contributed by atoms with Crippen molar-refractivity contribution in [1.29, 1.82) is 0 Å². The van der Waals surface area contributed by atoms with Crippen LogP contribution >= 0.6 is 0 Å². The van der Waals surface area contributed by atoms with Crippen LogP contribution in [0.4, 0.5) is 0 Å². The minimum absolute atomic E-state index is 0.00702. The number of fused-ring (bicyclic) bond motifs is 3. The molecular weight excluding hydrogens is 364 g/mol. The van der Waals surface area contributed by atoms with Gasteiger partial charge in [0, 0.05) is 37.5 Å². The van der Waals surface area contributed by atoms with Gasteiger partial charge >= 0.3 is 5.97 Å². The van der Waals surface area contributed by atoms with Crippen LogP contribution in [0.3, 0.4) is 0 Å². The number of para-hydroxylation sites is 1. The SMILES string of the molecule is COc1cccc2c1OC[C@@]1(C(=O)O)CN(C(=O)CN3CCCCC3=O)C[C@@H]21. The number of methoxy groups -OCH3 is 1. The molecule has 2 atom stereocenters. The summed E-state index contributed by atoms with van der Waals surface area (Å²) in [4.78, 5) is 40.3. The summed E-state index contributed by atoms with van der Waals surface area (Å²) in [6, 6.07) is 5.41. The van der Waals surface area contributed by atoms with Gasteiger partial charge in [0.2, 0.25) is 11.8 Å². The van der Waals surface area contributed by atoms with Crippen LogP contribution in [-0.4, -0.2) is 72.6 Å². The van der Waals surface area contributed by atoms with E-state index in [1.807, 2.05) is 6.07 Å². The fourth-order valence-electron chi connectivity index (χ4n) is 4.54. The highest BCUT2D eigenvalue weighted by Gasteiger charge is 2.58. The van der Waals surface area contributed by atoms with Gasteiger partial charge < -0.3 is 24.4 Å². The van der Waals surface area contributed by atoms with Gasteiger partial charge in [-0.05, 0) is 18.9 Å². The smallest absolute Gasteiger partial charge is 0.315 e. The average Bonchev–Trinajstić information content (AvgIpc) is 3.11. The second-order valence-corrected chi connectivity index (χ2v) is 7.73. The van der Waals surface area contributed by atoms with Crippen molar-refractivity contribution < 1.29 is 29.0 Å². The van der Waals surface area contributed by atoms with E-state index in [0.29, 0.717) is 24.5 Å². The molecule has 28 heavy (non-hydrogen) atoms. The number of ether oxygens (including phenoxy) is 2. The van der Waals surface area contributed by atoms with Gasteiger partial charge in [-0.1, -0.05) is 12.1 Å². The molecule has 2 amide bonds. The summed E-state index contributed by atoms with van der Waals surface area (Å²) in [6.45, 7) is 0.927. The molecule has 0 radical (unpaired) electrons. The van der Waals surface area contributed by atoms with Crippen LogP contribution in [0.5, 0.6) is 11.5 Å². The quantitative estimate of drug-likeness (QED) is 0.830. The number of carboxylic acid groups (broad SMARTS) is 1. The number of carbonyl (C=O) groups excluding carboxylic acids is 2. The molecule has 0 aliphatic carbocycles. The standard InChI is InChI=1S/C20H24N2O6/c1-27-15-6-4-5-13-14-9-22(11-20(14,19(25)26)12-28-18(13)15)17(24)10-21-8-3-2-7-16(21)23/h4-6,14H,2-3,7-12H2,1H3,(H,25,26)/t14-,20-/m0/s1. The van der Waals surface area contributed by atoms with Crippen molar-refractivity contribution >= 4 is 17.8 Å². The van der Waals surface area contributed by atoms with Crippen LogP contribution in [0, 0.1) is 5.41 Å². The van der Waals surface area contributed by atoms with Crippen LogP contribution in [-0.2, 0) is 14.4 Å². The molecule has 1 N–H and O–H groups in total. The van der Waals surface area contributed by atoms with Crippen LogP contribution in [0.1, 0.15) is 30.7 Å². The van der Waals surface area contributed by atoms with Gasteiger partial charge in [-0.25, -0.2) is 0 Å². The molecule has 3 aliphatic heterocycles. The molecule has 2 saturated heterocycles. The van der Waals surface area contributed by atoms with Crippen LogP contribution in [0.2, 0.25) is 0 Å². The fraction of sp³-hybridized carbons (Fsp3) is 0.550. The van der Waals surface area contributed by atoms with E-state index >= 15 is 0 Å². The number of amides is 2. The Morgan fingerprint density at radius 3 is 2.89 bits per heavy atom. The first kappa shape index (κ1) is 18.6. The summed E-state index contributed by atoms with van der Waals surface area (Å²) in [5.74, 6) is -0.481. The second-order valence-electron chi connectivity index (χ2n) is 7.73. The zero-order valence-corrected chi connectivity index (χ0v) is 15.8. The highest BCUT2D eigenvalue weighted by Crippen LogP contribution is 2.52. The molecule has 0 unspecified atom stereocenters. The maximum atomic E-state index is 12.9. The summed E-state index contributed by atoms with van der Waals surface area (Å²) >= 11 is 0. The van der Waals surface area contributed by atoms with E-state index in [-0.39, 0.29) is 44.0 Å². The van der Waals surface area contributed by atoms with E-state index in [9.17, 15) is 19.5 Å². The number of hydrogen-bond acceptors (Lipinski definition) is 5. The Balaban J connectivity index is 1.60. The van der Waals surface area contributed by atoms with E-state index in [4.69, 9.17) is 9.47 Å². The number of rotatable bonds is 4. The van der Waals surface area contributed by atoms with E-state index in [2.05, 4.69) is 0 Å². The van der Waals surface area contributed by atoms with Crippen molar-refractivity contribution in [2.45, 2.75) is 25.2 Å². The van der Waals surface area contributed by atoms with Crippen molar-refractivity contribution in [3.05, 3.63) is 23.8 Å². The Bertz CT molecular complexity index is 825. The Morgan fingerprint density at radius 1 is 1.36 bits per heavy atom.